The molecule has 0 bridgehead atoms. The first kappa shape index (κ1) is 14.1. The van der Waals surface area contributed by atoms with Gasteiger partial charge in [0.05, 0.1) is 0 Å². The highest BCUT2D eigenvalue weighted by atomic mass is 16.1. The maximum absolute atomic E-state index is 12.3. The quantitative estimate of drug-likeness (QED) is 0.725. The monoisotopic (exact) mass is 278 g/mol. The Bertz CT molecular complexity index is 659. The Hall–Kier alpha value is -1.89. The molecule has 0 aliphatic heterocycles. The standard InChI is InChI=1S/C20H22O/c1-20(2,3)17-10-8-14(9-11-17)16-12-15-6-4-5-7-18(15)19(21)13-16/h4-11,16H,12-13H2,1-3H3. The van der Waals surface area contributed by atoms with Gasteiger partial charge in [0.25, 0.3) is 0 Å². The number of fused-ring (bicyclic) bond motifs is 1. The largest absolute Gasteiger partial charge is 0.294 e. The zero-order valence-electron chi connectivity index (χ0n) is 13.0. The lowest BCUT2D eigenvalue weighted by Gasteiger charge is -2.25. The molecule has 0 aromatic heterocycles. The molecule has 1 nitrogen and oxygen atoms in total. The number of carbonyl (C=O) groups is 1. The van der Waals surface area contributed by atoms with Gasteiger partial charge in [0.2, 0.25) is 0 Å². The van der Waals surface area contributed by atoms with Crippen LogP contribution in [-0.4, -0.2) is 5.78 Å². The van der Waals surface area contributed by atoms with Crippen molar-refractivity contribution < 1.29 is 4.79 Å². The fraction of sp³-hybridized carbons (Fsp3) is 0.350. The predicted octanol–water partition coefficient (Wildman–Crippen LogP) is 4.90. The van der Waals surface area contributed by atoms with Crippen LogP contribution in [0.4, 0.5) is 0 Å². The Kier molecular flexibility index (Phi) is 3.44. The average Bonchev–Trinajstić information content (AvgIpc) is 2.46. The molecule has 2 aromatic rings. The molecule has 0 saturated heterocycles. The second-order valence-electron chi connectivity index (χ2n) is 7.06. The van der Waals surface area contributed by atoms with E-state index in [4.69, 9.17) is 0 Å². The van der Waals surface area contributed by atoms with E-state index < -0.39 is 0 Å². The average molecular weight is 278 g/mol. The number of rotatable bonds is 1. The van der Waals surface area contributed by atoms with Crippen molar-refractivity contribution in [3.05, 3.63) is 70.8 Å². The van der Waals surface area contributed by atoms with Crippen molar-refractivity contribution in [3.8, 4) is 0 Å². The number of benzene rings is 2. The van der Waals surface area contributed by atoms with Crippen molar-refractivity contribution >= 4 is 5.78 Å². The molecule has 3 rings (SSSR count). The summed E-state index contributed by atoms with van der Waals surface area (Å²) in [4.78, 5) is 12.3. The summed E-state index contributed by atoms with van der Waals surface area (Å²) in [6, 6.07) is 16.8. The summed E-state index contributed by atoms with van der Waals surface area (Å²) in [5.74, 6) is 0.600. The van der Waals surface area contributed by atoms with Crippen LogP contribution in [0.2, 0.25) is 0 Å². The second-order valence-corrected chi connectivity index (χ2v) is 7.06. The zero-order valence-corrected chi connectivity index (χ0v) is 13.0. The molecule has 21 heavy (non-hydrogen) atoms. The lowest BCUT2D eigenvalue weighted by Crippen LogP contribution is -2.19. The maximum atomic E-state index is 12.3. The van der Waals surface area contributed by atoms with E-state index in [0.29, 0.717) is 12.3 Å². The molecule has 0 saturated carbocycles. The van der Waals surface area contributed by atoms with Gasteiger partial charge in [-0.2, -0.15) is 0 Å². The van der Waals surface area contributed by atoms with Crippen LogP contribution < -0.4 is 0 Å². The number of hydrogen-bond acceptors (Lipinski definition) is 1. The summed E-state index contributed by atoms with van der Waals surface area (Å²) < 4.78 is 0. The minimum absolute atomic E-state index is 0.174. The van der Waals surface area contributed by atoms with Crippen LogP contribution in [0.25, 0.3) is 0 Å². The van der Waals surface area contributed by atoms with Crippen LogP contribution in [0.3, 0.4) is 0 Å². The van der Waals surface area contributed by atoms with Gasteiger partial charge in [-0.05, 0) is 34.4 Å². The molecule has 2 aromatic carbocycles. The number of Topliss-reactive ketones (excluding diaryl/α,β-unsaturated/α-hetero) is 1. The molecule has 0 amide bonds. The molecule has 1 aliphatic carbocycles. The van der Waals surface area contributed by atoms with E-state index >= 15 is 0 Å². The van der Waals surface area contributed by atoms with E-state index in [-0.39, 0.29) is 11.2 Å². The highest BCUT2D eigenvalue weighted by Gasteiger charge is 2.26. The van der Waals surface area contributed by atoms with Crippen molar-refractivity contribution in [2.75, 3.05) is 0 Å². The first-order valence-electron chi connectivity index (χ1n) is 7.67. The van der Waals surface area contributed by atoms with Crippen LogP contribution >= 0.6 is 0 Å². The SMILES string of the molecule is CC(C)(C)c1ccc(C2CC(=O)c3ccccc3C2)cc1. The Morgan fingerprint density at radius 3 is 2.24 bits per heavy atom. The van der Waals surface area contributed by atoms with E-state index in [2.05, 4.69) is 51.1 Å². The van der Waals surface area contributed by atoms with E-state index in [1.807, 2.05) is 18.2 Å². The topological polar surface area (TPSA) is 17.1 Å². The molecular weight excluding hydrogens is 256 g/mol. The number of hydrogen-bond donors (Lipinski definition) is 0. The molecule has 1 unspecified atom stereocenters. The van der Waals surface area contributed by atoms with Crippen LogP contribution in [0.15, 0.2) is 48.5 Å². The van der Waals surface area contributed by atoms with Crippen molar-refractivity contribution in [3.63, 3.8) is 0 Å². The zero-order chi connectivity index (χ0) is 15.0. The van der Waals surface area contributed by atoms with Gasteiger partial charge in [-0.15, -0.1) is 0 Å². The fourth-order valence-corrected chi connectivity index (χ4v) is 3.13. The second kappa shape index (κ2) is 5.14. The van der Waals surface area contributed by atoms with E-state index in [1.54, 1.807) is 0 Å². The number of carbonyl (C=O) groups excluding carboxylic acids is 1. The molecule has 1 atom stereocenters. The Balaban J connectivity index is 1.88. The summed E-state index contributed by atoms with van der Waals surface area (Å²) in [7, 11) is 0. The van der Waals surface area contributed by atoms with Crippen molar-refractivity contribution in [2.45, 2.75) is 44.9 Å². The molecule has 0 N–H and O–H groups in total. The van der Waals surface area contributed by atoms with Gasteiger partial charge < -0.3 is 0 Å². The van der Waals surface area contributed by atoms with Crippen molar-refractivity contribution in [1.82, 2.24) is 0 Å². The van der Waals surface area contributed by atoms with Crippen LogP contribution in [-0.2, 0) is 11.8 Å². The molecular formula is C20H22O. The smallest absolute Gasteiger partial charge is 0.163 e. The third-order valence-corrected chi connectivity index (χ3v) is 4.46. The third kappa shape index (κ3) is 2.78. The minimum Gasteiger partial charge on any atom is -0.294 e. The molecule has 1 heteroatoms. The first-order valence-corrected chi connectivity index (χ1v) is 7.67. The van der Waals surface area contributed by atoms with Gasteiger partial charge in [0, 0.05) is 12.0 Å². The molecule has 0 fully saturated rings. The first-order chi connectivity index (χ1) is 9.95. The van der Waals surface area contributed by atoms with Crippen LogP contribution in [0.1, 0.15) is 60.2 Å². The summed E-state index contributed by atoms with van der Waals surface area (Å²) in [6.45, 7) is 6.67. The Morgan fingerprint density at radius 2 is 1.57 bits per heavy atom. The van der Waals surface area contributed by atoms with Gasteiger partial charge in [0.15, 0.2) is 5.78 Å². The highest BCUT2D eigenvalue weighted by Crippen LogP contribution is 2.33. The lowest BCUT2D eigenvalue weighted by molar-refractivity contribution is 0.0964. The predicted molar refractivity (Wildman–Crippen MR) is 87.0 cm³/mol. The van der Waals surface area contributed by atoms with Crippen LogP contribution in [0.5, 0.6) is 0 Å². The molecule has 0 radical (unpaired) electrons. The van der Waals surface area contributed by atoms with Crippen molar-refractivity contribution in [1.29, 1.82) is 0 Å². The number of ketones is 1. The van der Waals surface area contributed by atoms with Gasteiger partial charge >= 0.3 is 0 Å². The van der Waals surface area contributed by atoms with Gasteiger partial charge in [-0.3, -0.25) is 4.79 Å². The van der Waals surface area contributed by atoms with E-state index in [9.17, 15) is 4.79 Å². The summed E-state index contributed by atoms with van der Waals surface area (Å²) >= 11 is 0. The highest BCUT2D eigenvalue weighted by molar-refractivity contribution is 5.99. The minimum atomic E-state index is 0.174. The third-order valence-electron chi connectivity index (χ3n) is 4.46. The maximum Gasteiger partial charge on any atom is 0.163 e. The fourth-order valence-electron chi connectivity index (χ4n) is 3.13. The van der Waals surface area contributed by atoms with E-state index in [1.165, 1.54) is 16.7 Å². The molecule has 108 valence electrons. The lowest BCUT2D eigenvalue weighted by atomic mass is 9.78. The van der Waals surface area contributed by atoms with Gasteiger partial charge in [-0.1, -0.05) is 69.3 Å². The normalized spacial score (nSPS) is 18.4. The summed E-state index contributed by atoms with van der Waals surface area (Å²) in [6.07, 6.45) is 1.60. The van der Waals surface area contributed by atoms with E-state index in [0.717, 1.165) is 12.0 Å². The Morgan fingerprint density at radius 1 is 0.905 bits per heavy atom. The van der Waals surface area contributed by atoms with Crippen LogP contribution in [0, 0.1) is 0 Å². The van der Waals surface area contributed by atoms with Gasteiger partial charge in [0.1, 0.15) is 0 Å². The summed E-state index contributed by atoms with van der Waals surface area (Å²) in [5, 5.41) is 0. The molecule has 0 spiro atoms. The van der Waals surface area contributed by atoms with Crippen molar-refractivity contribution in [2.24, 2.45) is 0 Å². The Labute approximate surface area is 127 Å². The summed E-state index contributed by atoms with van der Waals surface area (Å²) in [5.41, 5.74) is 4.91. The molecule has 0 heterocycles. The van der Waals surface area contributed by atoms with Gasteiger partial charge in [-0.25, -0.2) is 0 Å². The molecule has 1 aliphatic rings.